The Morgan fingerprint density at radius 3 is 1.00 bits per heavy atom. The monoisotopic (exact) mass is 156 g/mol. The highest BCUT2D eigenvalue weighted by Crippen LogP contribution is 2.40. The molecule has 0 aromatic carbocycles. The lowest BCUT2D eigenvalue weighted by atomic mass is 9.62. The molecule has 11 heavy (non-hydrogen) atoms. The minimum atomic E-state index is -0.375. The lowest BCUT2D eigenvalue weighted by molar-refractivity contribution is 0.103. The molecule has 0 aliphatic carbocycles. The summed E-state index contributed by atoms with van der Waals surface area (Å²) in [6.07, 6.45) is 0. The van der Waals surface area contributed by atoms with E-state index in [1.54, 1.807) is 0 Å². The van der Waals surface area contributed by atoms with Crippen LogP contribution < -0.4 is 5.73 Å². The van der Waals surface area contributed by atoms with Gasteiger partial charge in [-0.05, 0) is 17.8 Å². The molecule has 0 aliphatic rings. The zero-order valence-electron chi connectivity index (χ0n) is 8.78. The van der Waals surface area contributed by atoms with Crippen LogP contribution in [0.1, 0.15) is 41.5 Å². The molecule has 0 heterocycles. The third-order valence-electron chi connectivity index (χ3n) is 2.68. The second kappa shape index (κ2) is 2.48. The van der Waals surface area contributed by atoms with Gasteiger partial charge in [0.25, 0.3) is 0 Å². The van der Waals surface area contributed by atoms with Gasteiger partial charge in [0.2, 0.25) is 0 Å². The van der Waals surface area contributed by atoms with Crippen LogP contribution in [0.2, 0.25) is 0 Å². The molecule has 0 aliphatic heterocycles. The molecule has 0 aromatic rings. The Kier molecular flexibility index (Phi) is 2.47. The van der Waals surface area contributed by atoms with Crippen LogP contribution >= 0.6 is 0 Å². The molecule has 0 saturated carbocycles. The summed E-state index contributed by atoms with van der Waals surface area (Å²) in [4.78, 5) is 0. The van der Waals surface area contributed by atoms with Gasteiger partial charge in [0.05, 0.1) is 0 Å². The van der Waals surface area contributed by atoms with Gasteiger partial charge in [-0.1, -0.05) is 41.5 Å². The van der Waals surface area contributed by atoms with Crippen LogP contribution in [0.15, 0.2) is 0 Å². The highest BCUT2D eigenvalue weighted by atomic mass is 14.8. The maximum absolute atomic E-state index is 6.16. The molecule has 0 atom stereocenters. The first kappa shape index (κ1) is 11.0. The molecule has 2 N–H and O–H groups in total. The molecule has 1 heteroatoms. The molecular weight excluding hydrogens is 134 g/mol. The molecule has 0 aromatic heterocycles. The highest BCUT2D eigenvalue weighted by molar-refractivity contribution is 5.05. The molecule has 0 amide bonds. The summed E-state index contributed by atoms with van der Waals surface area (Å²) in [6, 6.07) is 0. The Hall–Kier alpha value is -0.0400. The summed E-state index contributed by atoms with van der Waals surface area (Å²) in [5.41, 5.74) is 5.88. The third-order valence-corrected chi connectivity index (χ3v) is 2.68. The van der Waals surface area contributed by atoms with Crippen molar-refractivity contribution in [2.24, 2.45) is 16.6 Å². The smallest absolute Gasteiger partial charge is 0.0253 e. The van der Waals surface area contributed by atoms with Crippen molar-refractivity contribution in [2.75, 3.05) is 0 Å². The van der Waals surface area contributed by atoms with Crippen molar-refractivity contribution >= 4 is 0 Å². The topological polar surface area (TPSA) is 26.0 Å². The fourth-order valence-electron chi connectivity index (χ4n) is 1.12. The van der Waals surface area contributed by atoms with Gasteiger partial charge < -0.3 is 5.73 Å². The van der Waals surface area contributed by atoms with E-state index in [0.29, 0.717) is 0 Å². The van der Waals surface area contributed by atoms with E-state index in [9.17, 15) is 0 Å². The fourth-order valence-corrected chi connectivity index (χ4v) is 1.12. The second-order valence-corrected chi connectivity index (χ2v) is 5.47. The predicted molar refractivity (Wildman–Crippen MR) is 51.2 cm³/mol. The maximum Gasteiger partial charge on any atom is 0.0253 e. The Morgan fingerprint density at radius 2 is 1.00 bits per heavy atom. The molecule has 0 spiro atoms. The van der Waals surface area contributed by atoms with E-state index in [-0.39, 0.29) is 16.4 Å². The summed E-state index contributed by atoms with van der Waals surface area (Å²) < 4.78 is 0. The number of nitrogens with two attached hydrogens (primary N) is 1. The van der Waals surface area contributed by atoms with Crippen LogP contribution in [-0.4, -0.2) is 5.54 Å². The first-order chi connectivity index (χ1) is 4.50. The molecule has 0 bridgehead atoms. The zero-order chi connectivity index (χ0) is 9.50. The minimum absolute atomic E-state index is 0.0469. The number of rotatable bonds is 0. The zero-order valence-corrected chi connectivity index (χ0v) is 8.78. The average molecular weight is 156 g/mol. The lowest BCUT2D eigenvalue weighted by Crippen LogP contribution is -2.58. The van der Waals surface area contributed by atoms with Crippen LogP contribution in [0.25, 0.3) is 0 Å². The second-order valence-electron chi connectivity index (χ2n) is 5.47. The van der Waals surface area contributed by atoms with Crippen LogP contribution in [0.4, 0.5) is 0 Å². The number of hydrogen-bond donors (Lipinski definition) is 1. The summed E-state index contributed by atoms with van der Waals surface area (Å²) in [5, 5.41) is 0. The van der Waals surface area contributed by atoms with Gasteiger partial charge in [0.15, 0.2) is 0 Å². The van der Waals surface area contributed by atoms with Crippen LogP contribution in [-0.2, 0) is 0 Å². The predicted octanol–water partition coefficient (Wildman–Crippen LogP) is 2.61. The van der Waals surface area contributed by atoms with E-state index >= 15 is 0 Å². The van der Waals surface area contributed by atoms with E-state index in [4.69, 9.17) is 5.73 Å². The largest absolute Gasteiger partial charge is 0.324 e. The van der Waals surface area contributed by atoms with Crippen molar-refractivity contribution in [3.63, 3.8) is 0 Å². The van der Waals surface area contributed by atoms with Crippen molar-refractivity contribution < 1.29 is 0 Å². The van der Waals surface area contributed by atoms with Gasteiger partial charge in [-0.25, -0.2) is 0 Å². The summed E-state index contributed by atoms with van der Waals surface area (Å²) in [6.45, 7) is 16.9. The van der Waals surface area contributed by atoms with Crippen molar-refractivity contribution in [1.29, 1.82) is 0 Å². The molecule has 1 radical (unpaired) electrons. The SMILES string of the molecule is [CH2]C(N)(C(C)(C)C)C(C)(C)C. The Morgan fingerprint density at radius 1 is 0.818 bits per heavy atom. The fraction of sp³-hybridized carbons (Fsp3) is 0.900. The molecule has 0 fully saturated rings. The third kappa shape index (κ3) is 1.96. The Balaban J connectivity index is 4.75. The Labute approximate surface area is 71.4 Å². The molecular formula is C10H22N. The van der Waals surface area contributed by atoms with Gasteiger partial charge in [-0.3, -0.25) is 0 Å². The van der Waals surface area contributed by atoms with Crippen molar-refractivity contribution in [2.45, 2.75) is 47.1 Å². The van der Waals surface area contributed by atoms with Gasteiger partial charge in [-0.2, -0.15) is 0 Å². The van der Waals surface area contributed by atoms with Crippen molar-refractivity contribution in [3.05, 3.63) is 6.92 Å². The minimum Gasteiger partial charge on any atom is -0.324 e. The van der Waals surface area contributed by atoms with E-state index in [1.165, 1.54) is 0 Å². The van der Waals surface area contributed by atoms with Crippen LogP contribution in [0.5, 0.6) is 0 Å². The molecule has 67 valence electrons. The molecule has 0 unspecified atom stereocenters. The molecule has 0 saturated heterocycles. The highest BCUT2D eigenvalue weighted by Gasteiger charge is 2.43. The maximum atomic E-state index is 6.16. The van der Waals surface area contributed by atoms with Gasteiger partial charge in [-0.15, -0.1) is 0 Å². The number of hydrogen-bond acceptors (Lipinski definition) is 1. The summed E-state index contributed by atoms with van der Waals surface area (Å²) in [7, 11) is 0. The summed E-state index contributed by atoms with van der Waals surface area (Å²) in [5.74, 6) is 0. The van der Waals surface area contributed by atoms with Crippen LogP contribution in [0, 0.1) is 17.8 Å². The van der Waals surface area contributed by atoms with E-state index in [2.05, 4.69) is 48.5 Å². The molecule has 0 rings (SSSR count). The average Bonchev–Trinajstić information content (AvgIpc) is 1.58. The first-order valence-electron chi connectivity index (χ1n) is 4.14. The first-order valence-corrected chi connectivity index (χ1v) is 4.14. The van der Waals surface area contributed by atoms with Crippen LogP contribution in [0.3, 0.4) is 0 Å². The van der Waals surface area contributed by atoms with Gasteiger partial charge in [0, 0.05) is 5.54 Å². The lowest BCUT2D eigenvalue weighted by Gasteiger charge is -2.48. The Bertz CT molecular complexity index is 116. The van der Waals surface area contributed by atoms with Gasteiger partial charge >= 0.3 is 0 Å². The van der Waals surface area contributed by atoms with E-state index in [0.717, 1.165) is 0 Å². The van der Waals surface area contributed by atoms with E-state index in [1.807, 2.05) is 0 Å². The quantitative estimate of drug-likeness (QED) is 0.573. The normalized spacial score (nSPS) is 15.3. The van der Waals surface area contributed by atoms with Crippen molar-refractivity contribution in [1.82, 2.24) is 0 Å². The van der Waals surface area contributed by atoms with Crippen molar-refractivity contribution in [3.8, 4) is 0 Å². The summed E-state index contributed by atoms with van der Waals surface area (Å²) >= 11 is 0. The van der Waals surface area contributed by atoms with Gasteiger partial charge in [0.1, 0.15) is 0 Å². The standard InChI is InChI=1S/C10H22N/c1-8(2,3)10(7,11)9(4,5)6/h7,11H2,1-6H3. The van der Waals surface area contributed by atoms with E-state index < -0.39 is 0 Å². The molecule has 1 nitrogen and oxygen atoms in total.